The number of halogens is 2. The van der Waals surface area contributed by atoms with Gasteiger partial charge < -0.3 is 0 Å². The van der Waals surface area contributed by atoms with E-state index in [0.29, 0.717) is 13.2 Å². The molecule has 0 aliphatic rings. The first kappa shape index (κ1) is 21.0. The van der Waals surface area contributed by atoms with E-state index in [0.717, 1.165) is 18.3 Å². The van der Waals surface area contributed by atoms with Crippen molar-refractivity contribution in [3.63, 3.8) is 0 Å². The summed E-state index contributed by atoms with van der Waals surface area (Å²) in [5, 5.41) is 0. The molecular weight excluding hydrogens is 471 g/mol. The van der Waals surface area contributed by atoms with Crippen LogP contribution >= 0.6 is 17.9 Å². The van der Waals surface area contributed by atoms with Crippen LogP contribution in [0.15, 0.2) is 48.5 Å². The van der Waals surface area contributed by atoms with Crippen LogP contribution in [0.1, 0.15) is 51.0 Å². The van der Waals surface area contributed by atoms with Crippen molar-refractivity contribution >= 4 is 41.1 Å². The Kier molecular flexibility index (Phi) is 8.08. The number of rotatable bonds is 8. The van der Waals surface area contributed by atoms with Gasteiger partial charge in [0, 0.05) is 0 Å². The molecule has 2 aromatic carbocycles. The van der Waals surface area contributed by atoms with Gasteiger partial charge in [-0.1, -0.05) is 0 Å². The zero-order valence-electron chi connectivity index (χ0n) is 15.2. The number of ether oxygens (including phenoxy) is 2. The van der Waals surface area contributed by atoms with Crippen LogP contribution < -0.4 is 7.22 Å². The van der Waals surface area contributed by atoms with Crippen molar-refractivity contribution in [1.29, 1.82) is 0 Å². The van der Waals surface area contributed by atoms with Crippen LogP contribution in [0, 0.1) is 0 Å². The standard InChI is InChI=1S/C20H26Cl2O2Te/c1-5-23-15(3)17-11-7-9-13-19(17)25(21,22)20-14-10-8-12-18(20)16(4)24-6-2/h7-16H,5-6H2,1-4H3. The molecule has 0 saturated carbocycles. The van der Waals surface area contributed by atoms with Gasteiger partial charge in [0.15, 0.2) is 0 Å². The number of hydrogen-bond acceptors (Lipinski definition) is 2. The molecule has 0 aliphatic carbocycles. The summed E-state index contributed by atoms with van der Waals surface area (Å²) in [7, 11) is 14.3. The molecule has 0 fully saturated rings. The van der Waals surface area contributed by atoms with E-state index in [1.54, 1.807) is 0 Å². The first-order valence-electron chi connectivity index (χ1n) is 8.57. The molecule has 0 aromatic heterocycles. The van der Waals surface area contributed by atoms with Crippen molar-refractivity contribution in [1.82, 2.24) is 0 Å². The van der Waals surface area contributed by atoms with E-state index in [1.165, 1.54) is 0 Å². The van der Waals surface area contributed by atoms with Crippen molar-refractivity contribution in [2.24, 2.45) is 0 Å². The molecule has 5 heteroatoms. The van der Waals surface area contributed by atoms with Crippen LogP contribution in [-0.2, 0) is 9.47 Å². The molecule has 0 aliphatic heterocycles. The van der Waals surface area contributed by atoms with Crippen LogP contribution in [0.25, 0.3) is 0 Å². The van der Waals surface area contributed by atoms with Gasteiger partial charge in [-0.3, -0.25) is 0 Å². The van der Waals surface area contributed by atoms with Gasteiger partial charge in [0.2, 0.25) is 0 Å². The van der Waals surface area contributed by atoms with Gasteiger partial charge in [0.05, 0.1) is 0 Å². The van der Waals surface area contributed by atoms with Crippen LogP contribution in [-0.4, -0.2) is 29.2 Å². The number of hydrogen-bond donors (Lipinski definition) is 0. The molecule has 0 amide bonds. The molecule has 0 radical (unpaired) electrons. The third kappa shape index (κ3) is 4.92. The van der Waals surface area contributed by atoms with E-state index in [1.807, 2.05) is 64.1 Å². The van der Waals surface area contributed by atoms with E-state index >= 15 is 0 Å². The quantitative estimate of drug-likeness (QED) is 0.483. The normalized spacial score (nSPS) is 15.0. The zero-order chi connectivity index (χ0) is 18.4. The summed E-state index contributed by atoms with van der Waals surface area (Å²) in [6.07, 6.45) is -0.0818. The molecule has 2 atom stereocenters. The predicted molar refractivity (Wildman–Crippen MR) is 110 cm³/mol. The van der Waals surface area contributed by atoms with E-state index in [-0.39, 0.29) is 12.2 Å². The second-order valence-electron chi connectivity index (χ2n) is 5.74. The van der Waals surface area contributed by atoms with Crippen LogP contribution in [0.2, 0.25) is 0 Å². The fraction of sp³-hybridized carbons (Fsp3) is 0.400. The van der Waals surface area contributed by atoms with Gasteiger partial charge in [0.1, 0.15) is 0 Å². The van der Waals surface area contributed by atoms with Crippen molar-refractivity contribution < 1.29 is 9.47 Å². The number of benzene rings is 2. The van der Waals surface area contributed by atoms with Gasteiger partial charge in [0.25, 0.3) is 0 Å². The average molecular weight is 497 g/mol. The summed E-state index contributed by atoms with van der Waals surface area (Å²) in [5.74, 6) is 0. The molecular formula is C20H26Cl2O2Te. The minimum absolute atomic E-state index is 0.0409. The molecule has 2 aromatic rings. The predicted octanol–water partition coefficient (Wildman–Crippen LogP) is 4.92. The van der Waals surface area contributed by atoms with Crippen molar-refractivity contribution in [2.75, 3.05) is 13.2 Å². The molecule has 138 valence electrons. The summed E-state index contributed by atoms with van der Waals surface area (Å²) in [5.41, 5.74) is 2.16. The molecule has 25 heavy (non-hydrogen) atoms. The molecule has 0 spiro atoms. The second kappa shape index (κ2) is 9.60. The molecule has 2 unspecified atom stereocenters. The monoisotopic (exact) mass is 498 g/mol. The Morgan fingerprint density at radius 2 is 1.12 bits per heavy atom. The molecule has 0 bridgehead atoms. The topological polar surface area (TPSA) is 18.5 Å². The van der Waals surface area contributed by atoms with E-state index < -0.39 is 15.9 Å². The average Bonchev–Trinajstić information content (AvgIpc) is 2.62. The summed E-state index contributed by atoms with van der Waals surface area (Å²) in [6, 6.07) is 16.2. The Labute approximate surface area is 162 Å². The van der Waals surface area contributed by atoms with Gasteiger partial charge in [-0.15, -0.1) is 0 Å². The minimum atomic E-state index is -3.59. The third-order valence-electron chi connectivity index (χ3n) is 4.10. The van der Waals surface area contributed by atoms with Crippen LogP contribution in [0.5, 0.6) is 0 Å². The van der Waals surface area contributed by atoms with Gasteiger partial charge in [-0.05, 0) is 0 Å². The second-order valence-corrected chi connectivity index (χ2v) is 18.2. The van der Waals surface area contributed by atoms with Gasteiger partial charge in [-0.25, -0.2) is 0 Å². The van der Waals surface area contributed by atoms with E-state index in [4.69, 9.17) is 27.4 Å². The first-order chi connectivity index (χ1) is 11.9. The molecule has 2 nitrogen and oxygen atoms in total. The molecule has 2 rings (SSSR count). The maximum absolute atomic E-state index is 7.13. The summed E-state index contributed by atoms with van der Waals surface area (Å²) in [4.78, 5) is 0. The van der Waals surface area contributed by atoms with Crippen LogP contribution in [0.4, 0.5) is 0 Å². The molecule has 0 N–H and O–H groups in total. The molecule has 0 heterocycles. The SMILES string of the molecule is CCOC(C)c1ccccc1[Te](Cl)(Cl)c1ccccc1C(C)OCC. The fourth-order valence-corrected chi connectivity index (χ4v) is 11.8. The summed E-state index contributed by atoms with van der Waals surface area (Å²) in [6.45, 7) is 9.38. The van der Waals surface area contributed by atoms with E-state index in [2.05, 4.69) is 12.1 Å². The summed E-state index contributed by atoms with van der Waals surface area (Å²) >= 11 is -3.59. The van der Waals surface area contributed by atoms with E-state index in [9.17, 15) is 0 Å². The summed E-state index contributed by atoms with van der Waals surface area (Å²) < 4.78 is 13.7. The Morgan fingerprint density at radius 1 is 0.760 bits per heavy atom. The Balaban J connectivity index is 2.54. The molecule has 0 saturated heterocycles. The van der Waals surface area contributed by atoms with Crippen molar-refractivity contribution in [2.45, 2.75) is 39.9 Å². The third-order valence-corrected chi connectivity index (χ3v) is 13.8. The van der Waals surface area contributed by atoms with Crippen molar-refractivity contribution in [3.8, 4) is 0 Å². The Hall–Kier alpha value is -0.270. The Bertz CT molecular complexity index is 633. The van der Waals surface area contributed by atoms with Crippen LogP contribution in [0.3, 0.4) is 0 Å². The maximum atomic E-state index is 7.13. The first-order valence-corrected chi connectivity index (χ1v) is 16.8. The van der Waals surface area contributed by atoms with Gasteiger partial charge in [-0.2, -0.15) is 0 Å². The van der Waals surface area contributed by atoms with Crippen molar-refractivity contribution in [3.05, 3.63) is 59.7 Å². The van der Waals surface area contributed by atoms with Gasteiger partial charge >= 0.3 is 163 Å². The fourth-order valence-electron chi connectivity index (χ4n) is 2.90. The Morgan fingerprint density at radius 3 is 1.48 bits per heavy atom. The zero-order valence-corrected chi connectivity index (χ0v) is 19.0.